The van der Waals surface area contributed by atoms with E-state index in [1.165, 1.54) is 0 Å². The van der Waals surface area contributed by atoms with E-state index in [0.29, 0.717) is 19.2 Å². The number of nitrogens with zero attached hydrogens (tertiary/aromatic N) is 2. The molecule has 0 saturated carbocycles. The molecular formula is C17H23N3O3S. The van der Waals surface area contributed by atoms with Crippen LogP contribution in [0.15, 0.2) is 24.3 Å². The number of fused-ring (bicyclic) bond motifs is 1. The second kappa shape index (κ2) is 8.53. The van der Waals surface area contributed by atoms with Gasteiger partial charge in [-0.1, -0.05) is 12.1 Å². The zero-order chi connectivity index (χ0) is 16.8. The van der Waals surface area contributed by atoms with Crippen LogP contribution < -0.4 is 5.32 Å². The topological polar surface area (TPSA) is 63.7 Å². The van der Waals surface area contributed by atoms with Gasteiger partial charge in [-0.05, 0) is 19.1 Å². The van der Waals surface area contributed by atoms with Gasteiger partial charge in [0.1, 0.15) is 11.6 Å². The number of hydrogen-bond donors (Lipinski definition) is 1. The van der Waals surface area contributed by atoms with Crippen molar-refractivity contribution in [3.63, 3.8) is 0 Å². The van der Waals surface area contributed by atoms with E-state index in [2.05, 4.69) is 22.1 Å². The van der Waals surface area contributed by atoms with Gasteiger partial charge in [0, 0.05) is 25.7 Å². The number of rotatable bonds is 7. The molecule has 1 aromatic heterocycles. The monoisotopic (exact) mass is 349 g/mol. The summed E-state index contributed by atoms with van der Waals surface area (Å²) >= 11 is 1.60. The molecule has 2 heterocycles. The van der Waals surface area contributed by atoms with E-state index in [1.807, 2.05) is 24.3 Å². The highest BCUT2D eigenvalue weighted by Crippen LogP contribution is 2.21. The number of para-hydroxylation sites is 1. The van der Waals surface area contributed by atoms with Gasteiger partial charge in [0.25, 0.3) is 0 Å². The third kappa shape index (κ3) is 4.73. The van der Waals surface area contributed by atoms with Gasteiger partial charge in [-0.25, -0.2) is 4.98 Å². The predicted octanol–water partition coefficient (Wildman–Crippen LogP) is 1.65. The van der Waals surface area contributed by atoms with Gasteiger partial charge in [0.15, 0.2) is 0 Å². The van der Waals surface area contributed by atoms with Crippen LogP contribution in [-0.4, -0.2) is 61.3 Å². The van der Waals surface area contributed by atoms with Crippen molar-refractivity contribution in [3.05, 3.63) is 29.3 Å². The Morgan fingerprint density at radius 3 is 3.00 bits per heavy atom. The Hall–Kier alpha value is -1.54. The van der Waals surface area contributed by atoms with E-state index in [9.17, 15) is 4.79 Å². The first kappa shape index (κ1) is 17.3. The van der Waals surface area contributed by atoms with Crippen LogP contribution in [0.4, 0.5) is 0 Å². The minimum Gasteiger partial charge on any atom is -0.379 e. The van der Waals surface area contributed by atoms with Gasteiger partial charge in [0.2, 0.25) is 5.91 Å². The summed E-state index contributed by atoms with van der Waals surface area (Å²) in [4.78, 5) is 18.7. The summed E-state index contributed by atoms with van der Waals surface area (Å²) in [7, 11) is 0. The number of carbonyl (C=O) groups excluding carboxylic acids is 1. The zero-order valence-electron chi connectivity index (χ0n) is 13.9. The van der Waals surface area contributed by atoms with Crippen molar-refractivity contribution in [1.82, 2.24) is 15.2 Å². The van der Waals surface area contributed by atoms with Gasteiger partial charge in [0.05, 0.1) is 30.0 Å². The number of morpholine rings is 1. The van der Waals surface area contributed by atoms with Crippen molar-refractivity contribution in [2.75, 3.05) is 39.5 Å². The summed E-state index contributed by atoms with van der Waals surface area (Å²) in [5.41, 5.74) is 0.977. The molecule has 1 aliphatic heterocycles. The average molecular weight is 349 g/mol. The van der Waals surface area contributed by atoms with E-state index in [4.69, 9.17) is 9.47 Å². The van der Waals surface area contributed by atoms with Crippen LogP contribution in [-0.2, 0) is 20.9 Å². The maximum absolute atomic E-state index is 11.9. The average Bonchev–Trinajstić information content (AvgIpc) is 3.03. The van der Waals surface area contributed by atoms with E-state index in [0.717, 1.165) is 41.5 Å². The Morgan fingerprint density at radius 1 is 1.42 bits per heavy atom. The van der Waals surface area contributed by atoms with Crippen LogP contribution in [0.25, 0.3) is 10.2 Å². The minimum atomic E-state index is -0.0868. The fourth-order valence-electron chi connectivity index (χ4n) is 2.67. The highest BCUT2D eigenvalue weighted by Gasteiger charge is 2.17. The number of nitrogens with one attached hydrogen (secondary N) is 1. The Balaban J connectivity index is 1.36. The molecule has 130 valence electrons. The molecule has 3 rings (SSSR count). The van der Waals surface area contributed by atoms with Gasteiger partial charge in [-0.2, -0.15) is 0 Å². The Labute approximate surface area is 145 Å². The lowest BCUT2D eigenvalue weighted by atomic mass is 10.2. The molecule has 1 saturated heterocycles. The molecule has 0 bridgehead atoms. The lowest BCUT2D eigenvalue weighted by Gasteiger charge is -2.32. The molecule has 0 spiro atoms. The van der Waals surface area contributed by atoms with Crippen molar-refractivity contribution < 1.29 is 14.3 Å². The summed E-state index contributed by atoms with van der Waals surface area (Å²) in [5.74, 6) is -0.0868. The maximum Gasteiger partial charge on any atom is 0.246 e. The molecule has 1 fully saturated rings. The summed E-state index contributed by atoms with van der Waals surface area (Å²) in [6, 6.07) is 8.29. The Kier molecular flexibility index (Phi) is 6.14. The maximum atomic E-state index is 11.9. The first-order chi connectivity index (χ1) is 11.7. The Morgan fingerprint density at radius 2 is 2.21 bits per heavy atom. The second-order valence-electron chi connectivity index (χ2n) is 5.87. The standard InChI is InChI=1S/C17H23N3O3S/c1-13(20-6-8-22-9-7-20)10-18-16(21)11-23-12-17-19-14-4-2-3-5-15(14)24-17/h2-5,13H,6-12H2,1H3,(H,18,21). The quantitative estimate of drug-likeness (QED) is 0.823. The van der Waals surface area contributed by atoms with E-state index in [-0.39, 0.29) is 12.5 Å². The highest BCUT2D eigenvalue weighted by atomic mass is 32.1. The van der Waals surface area contributed by atoms with E-state index in [1.54, 1.807) is 11.3 Å². The number of hydrogen-bond acceptors (Lipinski definition) is 6. The summed E-state index contributed by atoms with van der Waals surface area (Å²) < 4.78 is 12.0. The SMILES string of the molecule is CC(CNC(=O)COCc1nc2ccccc2s1)N1CCOCC1. The molecule has 0 aliphatic carbocycles. The van der Waals surface area contributed by atoms with Crippen molar-refractivity contribution >= 4 is 27.5 Å². The lowest BCUT2D eigenvalue weighted by Crippen LogP contribution is -2.47. The number of thiazole rings is 1. The minimum absolute atomic E-state index is 0.0613. The number of benzene rings is 1. The van der Waals surface area contributed by atoms with Crippen LogP contribution in [0.3, 0.4) is 0 Å². The van der Waals surface area contributed by atoms with Crippen LogP contribution in [0.1, 0.15) is 11.9 Å². The number of aromatic nitrogens is 1. The molecule has 1 aliphatic rings. The summed E-state index contributed by atoms with van der Waals surface area (Å²) in [6.07, 6.45) is 0. The van der Waals surface area contributed by atoms with E-state index >= 15 is 0 Å². The molecule has 6 nitrogen and oxygen atoms in total. The normalized spacial score (nSPS) is 17.0. The number of ether oxygens (including phenoxy) is 2. The highest BCUT2D eigenvalue weighted by molar-refractivity contribution is 7.18. The largest absolute Gasteiger partial charge is 0.379 e. The van der Waals surface area contributed by atoms with Crippen LogP contribution in [0, 0.1) is 0 Å². The lowest BCUT2D eigenvalue weighted by molar-refractivity contribution is -0.126. The molecular weight excluding hydrogens is 326 g/mol. The van der Waals surface area contributed by atoms with E-state index < -0.39 is 0 Å². The van der Waals surface area contributed by atoms with Crippen molar-refractivity contribution in [1.29, 1.82) is 0 Å². The molecule has 2 aromatic rings. The summed E-state index contributed by atoms with van der Waals surface area (Å²) in [6.45, 7) is 6.55. The molecule has 1 unspecified atom stereocenters. The number of carbonyl (C=O) groups is 1. The van der Waals surface area contributed by atoms with Crippen molar-refractivity contribution in [3.8, 4) is 0 Å². The summed E-state index contributed by atoms with van der Waals surface area (Å²) in [5, 5.41) is 3.82. The van der Waals surface area contributed by atoms with Crippen molar-refractivity contribution in [2.24, 2.45) is 0 Å². The first-order valence-corrected chi connectivity index (χ1v) is 9.05. The molecule has 7 heteroatoms. The van der Waals surface area contributed by atoms with Gasteiger partial charge in [-0.3, -0.25) is 9.69 Å². The van der Waals surface area contributed by atoms with Gasteiger partial charge < -0.3 is 14.8 Å². The molecule has 24 heavy (non-hydrogen) atoms. The zero-order valence-corrected chi connectivity index (χ0v) is 14.7. The predicted molar refractivity (Wildman–Crippen MR) is 94.1 cm³/mol. The van der Waals surface area contributed by atoms with Crippen LogP contribution in [0.5, 0.6) is 0 Å². The molecule has 1 aromatic carbocycles. The van der Waals surface area contributed by atoms with Crippen LogP contribution in [0.2, 0.25) is 0 Å². The molecule has 1 N–H and O–H groups in total. The fraction of sp³-hybridized carbons (Fsp3) is 0.529. The Bertz CT molecular complexity index is 637. The molecule has 0 radical (unpaired) electrons. The first-order valence-electron chi connectivity index (χ1n) is 8.23. The molecule has 1 atom stereocenters. The smallest absolute Gasteiger partial charge is 0.246 e. The van der Waals surface area contributed by atoms with Gasteiger partial charge >= 0.3 is 0 Å². The third-order valence-electron chi connectivity index (χ3n) is 4.06. The van der Waals surface area contributed by atoms with Crippen LogP contribution >= 0.6 is 11.3 Å². The van der Waals surface area contributed by atoms with Crippen molar-refractivity contribution in [2.45, 2.75) is 19.6 Å². The number of amides is 1. The fourth-order valence-corrected chi connectivity index (χ4v) is 3.58. The second-order valence-corrected chi connectivity index (χ2v) is 6.98. The third-order valence-corrected chi connectivity index (χ3v) is 5.07. The molecule has 1 amide bonds. The van der Waals surface area contributed by atoms with Gasteiger partial charge in [-0.15, -0.1) is 11.3 Å².